The third-order valence-corrected chi connectivity index (χ3v) is 7.22. The van der Waals surface area contributed by atoms with E-state index < -0.39 is 12.1 Å². The summed E-state index contributed by atoms with van der Waals surface area (Å²) in [6.07, 6.45) is 0.829. The van der Waals surface area contributed by atoms with Gasteiger partial charge in [0.1, 0.15) is 25.5 Å². The second kappa shape index (κ2) is 12.8. The smallest absolute Gasteiger partial charge is 0.412 e. The minimum atomic E-state index is -0.407. The number of benzene rings is 2. The van der Waals surface area contributed by atoms with E-state index in [-0.39, 0.29) is 29.8 Å². The molecule has 4 rings (SSSR count). The molecule has 0 aliphatic carbocycles. The fourth-order valence-electron chi connectivity index (χ4n) is 4.85. The first kappa shape index (κ1) is 29.0. The highest BCUT2D eigenvalue weighted by Crippen LogP contribution is 2.37. The number of ether oxygens (including phenoxy) is 3. The standard InChI is InChI=1S/C15H18N2O2.C15H21NO3/c1-15(2)8-9-17(13(15)10-16)14(18)19-11-12-6-4-3-5-7-12;1-15(2)9-10-16(13(15)18-3)14(17)19-11-12-7-5-4-6-8-12/h3-7,13H,8-9,11H2,1-2H3;4-8,13H,9-11H2,1-3H3. The van der Waals surface area contributed by atoms with Gasteiger partial charge in [-0.05, 0) is 24.0 Å². The molecule has 2 amide bonds. The molecule has 8 nitrogen and oxygen atoms in total. The van der Waals surface area contributed by atoms with E-state index in [1.54, 1.807) is 12.0 Å². The number of rotatable bonds is 5. The molecule has 2 unspecified atom stereocenters. The molecule has 0 radical (unpaired) electrons. The Kier molecular flexibility index (Phi) is 9.76. The Hall–Kier alpha value is -3.57. The highest BCUT2D eigenvalue weighted by Gasteiger charge is 2.44. The molecule has 2 heterocycles. The van der Waals surface area contributed by atoms with Crippen LogP contribution in [0.1, 0.15) is 51.7 Å². The molecule has 2 aliphatic rings. The summed E-state index contributed by atoms with van der Waals surface area (Å²) in [6.45, 7) is 10.0. The first-order chi connectivity index (χ1) is 18.1. The predicted octanol–water partition coefficient (Wildman–Crippen LogP) is 5.97. The van der Waals surface area contributed by atoms with Crippen LogP contribution in [0.15, 0.2) is 60.7 Å². The van der Waals surface area contributed by atoms with Crippen LogP contribution in [0.4, 0.5) is 9.59 Å². The number of methoxy groups -OCH3 is 1. The van der Waals surface area contributed by atoms with Crippen molar-refractivity contribution >= 4 is 12.2 Å². The number of nitriles is 1. The van der Waals surface area contributed by atoms with E-state index in [4.69, 9.17) is 14.2 Å². The van der Waals surface area contributed by atoms with E-state index in [0.717, 1.165) is 24.0 Å². The lowest BCUT2D eigenvalue weighted by molar-refractivity contribution is -0.0550. The molecule has 38 heavy (non-hydrogen) atoms. The lowest BCUT2D eigenvalue weighted by atomic mass is 9.86. The van der Waals surface area contributed by atoms with Gasteiger partial charge in [-0.1, -0.05) is 88.4 Å². The fourth-order valence-corrected chi connectivity index (χ4v) is 4.85. The van der Waals surface area contributed by atoms with E-state index in [0.29, 0.717) is 19.7 Å². The van der Waals surface area contributed by atoms with Crippen LogP contribution in [0.3, 0.4) is 0 Å². The first-order valence-electron chi connectivity index (χ1n) is 13.0. The summed E-state index contributed by atoms with van der Waals surface area (Å²) in [5.74, 6) is 0. The average Bonchev–Trinajstić information content (AvgIpc) is 3.40. The van der Waals surface area contributed by atoms with Crippen LogP contribution in [-0.4, -0.2) is 54.5 Å². The minimum Gasteiger partial charge on any atom is -0.445 e. The molecule has 204 valence electrons. The molecular weight excluding hydrogens is 482 g/mol. The Morgan fingerprint density at radius 2 is 1.26 bits per heavy atom. The van der Waals surface area contributed by atoms with E-state index >= 15 is 0 Å². The maximum Gasteiger partial charge on any atom is 0.412 e. The zero-order chi connectivity index (χ0) is 27.8. The summed E-state index contributed by atoms with van der Waals surface area (Å²) in [6, 6.07) is 21.0. The fraction of sp³-hybridized carbons (Fsp3) is 0.500. The molecule has 0 saturated carbocycles. The van der Waals surface area contributed by atoms with Gasteiger partial charge in [0.25, 0.3) is 0 Å². The Labute approximate surface area is 226 Å². The molecule has 2 aliphatic heterocycles. The number of hydrogen-bond acceptors (Lipinski definition) is 6. The van der Waals surface area contributed by atoms with Crippen LogP contribution in [0.2, 0.25) is 0 Å². The largest absolute Gasteiger partial charge is 0.445 e. The van der Waals surface area contributed by atoms with Crippen molar-refractivity contribution in [1.29, 1.82) is 5.26 Å². The second-order valence-electron chi connectivity index (χ2n) is 11.1. The summed E-state index contributed by atoms with van der Waals surface area (Å²) >= 11 is 0. The van der Waals surface area contributed by atoms with Crippen molar-refractivity contribution in [3.8, 4) is 6.07 Å². The third kappa shape index (κ3) is 7.26. The Balaban J connectivity index is 0.000000211. The molecule has 0 spiro atoms. The van der Waals surface area contributed by atoms with Gasteiger partial charge in [0.15, 0.2) is 0 Å². The summed E-state index contributed by atoms with van der Waals surface area (Å²) in [5, 5.41) is 9.21. The van der Waals surface area contributed by atoms with E-state index in [1.807, 2.05) is 74.5 Å². The Morgan fingerprint density at radius 1 is 0.816 bits per heavy atom. The molecule has 2 aromatic carbocycles. The molecule has 2 saturated heterocycles. The lowest BCUT2D eigenvalue weighted by Crippen LogP contribution is -2.42. The van der Waals surface area contributed by atoms with Gasteiger partial charge in [0.05, 0.1) is 6.07 Å². The maximum atomic E-state index is 12.1. The average molecular weight is 522 g/mol. The number of amides is 2. The minimum absolute atomic E-state index is 0.0273. The second-order valence-corrected chi connectivity index (χ2v) is 11.1. The SMILES string of the molecule is CC1(C)CCN(C(=O)OCc2ccccc2)C1C#N.COC1N(C(=O)OCc2ccccc2)CCC1(C)C. The molecule has 0 bridgehead atoms. The molecule has 0 N–H and O–H groups in total. The maximum absolute atomic E-state index is 12.1. The van der Waals surface area contributed by atoms with Crippen LogP contribution in [-0.2, 0) is 27.4 Å². The van der Waals surface area contributed by atoms with Crippen molar-refractivity contribution in [2.75, 3.05) is 20.2 Å². The normalized spacial score (nSPS) is 21.2. The van der Waals surface area contributed by atoms with E-state index in [2.05, 4.69) is 19.9 Å². The van der Waals surface area contributed by atoms with Crippen molar-refractivity contribution in [2.45, 2.75) is 66.0 Å². The topological polar surface area (TPSA) is 92.1 Å². The number of carbonyl (C=O) groups excluding carboxylic acids is 2. The summed E-state index contributed by atoms with van der Waals surface area (Å²) in [5.41, 5.74) is 1.74. The molecule has 2 aromatic rings. The van der Waals surface area contributed by atoms with Gasteiger partial charge < -0.3 is 14.2 Å². The van der Waals surface area contributed by atoms with Gasteiger partial charge in [-0.2, -0.15) is 5.26 Å². The monoisotopic (exact) mass is 521 g/mol. The summed E-state index contributed by atoms with van der Waals surface area (Å²) in [4.78, 5) is 27.3. The van der Waals surface area contributed by atoms with Crippen LogP contribution >= 0.6 is 0 Å². The van der Waals surface area contributed by atoms with Gasteiger partial charge in [0, 0.05) is 31.0 Å². The number of nitrogens with zero attached hydrogens (tertiary/aromatic N) is 3. The zero-order valence-corrected chi connectivity index (χ0v) is 23.1. The quantitative estimate of drug-likeness (QED) is 0.481. The van der Waals surface area contributed by atoms with E-state index in [1.165, 1.54) is 4.90 Å². The summed E-state index contributed by atoms with van der Waals surface area (Å²) < 4.78 is 16.1. The van der Waals surface area contributed by atoms with Crippen LogP contribution in [0.25, 0.3) is 0 Å². The highest BCUT2D eigenvalue weighted by molar-refractivity contribution is 5.69. The molecule has 0 aromatic heterocycles. The molecular formula is C30H39N3O5. The van der Waals surface area contributed by atoms with E-state index in [9.17, 15) is 14.9 Å². The van der Waals surface area contributed by atoms with Crippen LogP contribution in [0, 0.1) is 22.2 Å². The number of carbonyl (C=O) groups is 2. The van der Waals surface area contributed by atoms with Crippen molar-refractivity contribution in [2.24, 2.45) is 10.8 Å². The van der Waals surface area contributed by atoms with Crippen LogP contribution in [0.5, 0.6) is 0 Å². The molecule has 2 atom stereocenters. The van der Waals surface area contributed by atoms with Crippen LogP contribution < -0.4 is 0 Å². The molecule has 2 fully saturated rings. The third-order valence-electron chi connectivity index (χ3n) is 7.22. The Bertz CT molecular complexity index is 1100. The lowest BCUT2D eigenvalue weighted by Gasteiger charge is -2.30. The number of hydrogen-bond donors (Lipinski definition) is 0. The van der Waals surface area contributed by atoms with Gasteiger partial charge in [-0.15, -0.1) is 0 Å². The van der Waals surface area contributed by atoms with Crippen molar-refractivity contribution in [3.63, 3.8) is 0 Å². The number of likely N-dealkylation sites (tertiary alicyclic amines) is 2. The van der Waals surface area contributed by atoms with Gasteiger partial charge in [-0.25, -0.2) is 9.59 Å². The van der Waals surface area contributed by atoms with Gasteiger partial charge >= 0.3 is 12.2 Å². The summed E-state index contributed by atoms with van der Waals surface area (Å²) in [7, 11) is 1.63. The van der Waals surface area contributed by atoms with Gasteiger partial charge in [-0.3, -0.25) is 9.80 Å². The first-order valence-corrected chi connectivity index (χ1v) is 13.0. The molecule has 8 heteroatoms. The van der Waals surface area contributed by atoms with Crippen molar-refractivity contribution in [3.05, 3.63) is 71.8 Å². The Morgan fingerprint density at radius 3 is 1.74 bits per heavy atom. The van der Waals surface area contributed by atoms with Crippen molar-refractivity contribution < 1.29 is 23.8 Å². The predicted molar refractivity (Wildman–Crippen MR) is 144 cm³/mol. The highest BCUT2D eigenvalue weighted by atomic mass is 16.6. The van der Waals surface area contributed by atoms with Gasteiger partial charge in [0.2, 0.25) is 0 Å². The van der Waals surface area contributed by atoms with Crippen molar-refractivity contribution in [1.82, 2.24) is 9.80 Å². The zero-order valence-electron chi connectivity index (χ0n) is 23.1.